The summed E-state index contributed by atoms with van der Waals surface area (Å²) in [5.41, 5.74) is 13.0. The molecular weight excluding hydrogens is 719 g/mol. The Balaban J connectivity index is 1.03. The van der Waals surface area contributed by atoms with Gasteiger partial charge in [0.25, 0.3) is 0 Å². The molecule has 0 aliphatic heterocycles. The highest BCUT2D eigenvalue weighted by atomic mass is 32.1. The maximum absolute atomic E-state index is 2.43. The van der Waals surface area contributed by atoms with Gasteiger partial charge in [0.1, 0.15) is 0 Å². The largest absolute Gasteiger partial charge is 0.310 e. The van der Waals surface area contributed by atoms with Crippen LogP contribution in [0.15, 0.2) is 224 Å². The molecule has 0 aliphatic rings. The topological polar surface area (TPSA) is 3.24 Å². The molecular formula is C56H37NS. The molecule has 0 amide bonds. The van der Waals surface area contributed by atoms with Crippen LogP contribution in [0.25, 0.3) is 86.2 Å². The van der Waals surface area contributed by atoms with E-state index in [1.165, 1.54) is 86.2 Å². The summed E-state index contributed by atoms with van der Waals surface area (Å²) in [6.07, 6.45) is 0. The Bertz CT molecular complexity index is 3280. The lowest BCUT2D eigenvalue weighted by molar-refractivity contribution is 1.28. The summed E-state index contributed by atoms with van der Waals surface area (Å²) in [6.45, 7) is 0. The van der Waals surface area contributed by atoms with Gasteiger partial charge in [-0.25, -0.2) is 0 Å². The molecule has 1 heterocycles. The van der Waals surface area contributed by atoms with Gasteiger partial charge >= 0.3 is 0 Å². The summed E-state index contributed by atoms with van der Waals surface area (Å²) < 4.78 is 2.61. The second-order valence-electron chi connectivity index (χ2n) is 14.9. The molecule has 11 rings (SSSR count). The van der Waals surface area contributed by atoms with Crippen molar-refractivity contribution in [1.82, 2.24) is 0 Å². The highest BCUT2D eigenvalue weighted by Gasteiger charge is 2.20. The lowest BCUT2D eigenvalue weighted by atomic mass is 9.95. The van der Waals surface area contributed by atoms with E-state index in [2.05, 4.69) is 229 Å². The SMILES string of the molecule is c1cc(-c2ccc3ccccc3c2)cc(N(c2ccc(-c3ccc(-c4cccc5ccccc45)cc3)cc2)c2ccccc2-c2cccc3sc4ccccc4c23)c1. The maximum Gasteiger partial charge on any atom is 0.0540 e. The van der Waals surface area contributed by atoms with Crippen molar-refractivity contribution in [2.24, 2.45) is 0 Å². The molecule has 2 heteroatoms. The Morgan fingerprint density at radius 1 is 0.293 bits per heavy atom. The molecule has 0 unspecified atom stereocenters. The first-order valence-corrected chi connectivity index (χ1v) is 20.6. The fourth-order valence-electron chi connectivity index (χ4n) is 8.64. The summed E-state index contributed by atoms with van der Waals surface area (Å²) in [5.74, 6) is 0. The molecule has 0 radical (unpaired) electrons. The minimum Gasteiger partial charge on any atom is -0.310 e. The molecule has 0 aliphatic carbocycles. The van der Waals surface area contributed by atoms with E-state index in [0.29, 0.717) is 0 Å². The molecule has 0 atom stereocenters. The van der Waals surface area contributed by atoms with Crippen LogP contribution in [-0.2, 0) is 0 Å². The first kappa shape index (κ1) is 34.0. The molecule has 0 N–H and O–H groups in total. The number of nitrogens with zero attached hydrogens (tertiary/aromatic N) is 1. The molecule has 272 valence electrons. The van der Waals surface area contributed by atoms with Gasteiger partial charge in [-0.05, 0) is 109 Å². The van der Waals surface area contributed by atoms with Crippen molar-refractivity contribution in [1.29, 1.82) is 0 Å². The average molecular weight is 756 g/mol. The molecule has 58 heavy (non-hydrogen) atoms. The van der Waals surface area contributed by atoms with Gasteiger partial charge in [-0.15, -0.1) is 11.3 Å². The second kappa shape index (κ2) is 14.4. The Kier molecular flexibility index (Phi) is 8.42. The monoisotopic (exact) mass is 755 g/mol. The van der Waals surface area contributed by atoms with Crippen LogP contribution in [0, 0.1) is 0 Å². The van der Waals surface area contributed by atoms with Gasteiger partial charge in [-0.2, -0.15) is 0 Å². The van der Waals surface area contributed by atoms with Crippen LogP contribution in [0.5, 0.6) is 0 Å². The van der Waals surface area contributed by atoms with Crippen LogP contribution in [0.1, 0.15) is 0 Å². The molecule has 0 spiro atoms. The highest BCUT2D eigenvalue weighted by molar-refractivity contribution is 7.25. The van der Waals surface area contributed by atoms with Crippen molar-refractivity contribution in [3.8, 4) is 44.5 Å². The van der Waals surface area contributed by atoms with Crippen molar-refractivity contribution >= 4 is 70.1 Å². The smallest absolute Gasteiger partial charge is 0.0540 e. The normalized spacial score (nSPS) is 11.4. The van der Waals surface area contributed by atoms with Crippen LogP contribution in [0.4, 0.5) is 17.1 Å². The fraction of sp³-hybridized carbons (Fsp3) is 0. The first-order chi connectivity index (χ1) is 28.7. The Labute approximate surface area is 342 Å². The van der Waals surface area contributed by atoms with Crippen LogP contribution >= 0.6 is 11.3 Å². The van der Waals surface area contributed by atoms with E-state index < -0.39 is 0 Å². The van der Waals surface area contributed by atoms with Gasteiger partial charge in [0.15, 0.2) is 0 Å². The van der Waals surface area contributed by atoms with Gasteiger partial charge in [0.2, 0.25) is 0 Å². The van der Waals surface area contributed by atoms with Crippen molar-refractivity contribution in [3.05, 3.63) is 224 Å². The predicted octanol–water partition coefficient (Wildman–Crippen LogP) is 16.5. The van der Waals surface area contributed by atoms with Crippen molar-refractivity contribution < 1.29 is 0 Å². The van der Waals surface area contributed by atoms with Gasteiger partial charge in [-0.3, -0.25) is 0 Å². The van der Waals surface area contributed by atoms with Crippen LogP contribution in [-0.4, -0.2) is 0 Å². The molecule has 1 nitrogen and oxygen atoms in total. The van der Waals surface area contributed by atoms with E-state index in [0.717, 1.165) is 17.1 Å². The standard InChI is InChI=1S/C56H37NS/c1-2-14-43-36-45(31-28-38(43)12-1)44-16-9-17-47(37-44)57(53-23-7-5-19-50(53)51-22-11-25-55-56(51)52-20-6-8-24-54(52)58-55)46-34-32-40(33-35-46)39-26-29-42(30-27-39)49-21-10-15-41-13-3-4-18-48(41)49/h1-37H. The Morgan fingerprint density at radius 3 is 1.72 bits per heavy atom. The van der Waals surface area contributed by atoms with E-state index in [1.807, 2.05) is 11.3 Å². The number of para-hydroxylation sites is 1. The number of thiophene rings is 1. The Hall–Kier alpha value is -7.26. The summed E-state index contributed by atoms with van der Waals surface area (Å²) in [4.78, 5) is 2.43. The quantitative estimate of drug-likeness (QED) is 0.157. The number of rotatable bonds is 7. The first-order valence-electron chi connectivity index (χ1n) is 19.8. The van der Waals surface area contributed by atoms with Gasteiger partial charge in [-0.1, -0.05) is 176 Å². The molecule has 0 fully saturated rings. The zero-order valence-electron chi connectivity index (χ0n) is 31.7. The van der Waals surface area contributed by atoms with E-state index in [4.69, 9.17) is 0 Å². The highest BCUT2D eigenvalue weighted by Crippen LogP contribution is 2.46. The third-order valence-corrected chi connectivity index (χ3v) is 12.6. The average Bonchev–Trinajstić information content (AvgIpc) is 3.69. The Morgan fingerprint density at radius 2 is 0.862 bits per heavy atom. The summed E-state index contributed by atoms with van der Waals surface area (Å²) in [5, 5.41) is 7.63. The van der Waals surface area contributed by atoms with Gasteiger partial charge < -0.3 is 4.90 Å². The molecule has 0 bridgehead atoms. The lowest BCUT2D eigenvalue weighted by Crippen LogP contribution is -2.11. The minimum atomic E-state index is 1.10. The molecule has 10 aromatic carbocycles. The maximum atomic E-state index is 2.43. The number of fused-ring (bicyclic) bond motifs is 5. The predicted molar refractivity (Wildman–Crippen MR) is 251 cm³/mol. The third kappa shape index (κ3) is 6.03. The van der Waals surface area contributed by atoms with Crippen molar-refractivity contribution in [3.63, 3.8) is 0 Å². The zero-order valence-corrected chi connectivity index (χ0v) is 32.5. The number of hydrogen-bond acceptors (Lipinski definition) is 2. The van der Waals surface area contributed by atoms with Gasteiger partial charge in [0.05, 0.1) is 5.69 Å². The van der Waals surface area contributed by atoms with Crippen LogP contribution in [0.2, 0.25) is 0 Å². The second-order valence-corrected chi connectivity index (χ2v) is 16.0. The van der Waals surface area contributed by atoms with E-state index in [-0.39, 0.29) is 0 Å². The summed E-state index contributed by atoms with van der Waals surface area (Å²) in [7, 11) is 0. The van der Waals surface area contributed by atoms with E-state index >= 15 is 0 Å². The fourth-order valence-corrected chi connectivity index (χ4v) is 9.77. The number of hydrogen-bond donors (Lipinski definition) is 0. The summed E-state index contributed by atoms with van der Waals surface area (Å²) in [6, 6.07) is 82.0. The number of anilines is 3. The van der Waals surface area contributed by atoms with E-state index in [1.54, 1.807) is 0 Å². The van der Waals surface area contributed by atoms with Crippen molar-refractivity contribution in [2.75, 3.05) is 4.90 Å². The van der Waals surface area contributed by atoms with Gasteiger partial charge in [0, 0.05) is 37.1 Å². The molecule has 0 saturated heterocycles. The van der Waals surface area contributed by atoms with E-state index in [9.17, 15) is 0 Å². The van der Waals surface area contributed by atoms with Crippen LogP contribution < -0.4 is 4.90 Å². The van der Waals surface area contributed by atoms with Crippen molar-refractivity contribution in [2.45, 2.75) is 0 Å². The molecule has 11 aromatic rings. The lowest BCUT2D eigenvalue weighted by Gasteiger charge is -2.28. The summed E-state index contributed by atoms with van der Waals surface area (Å²) >= 11 is 1.86. The van der Waals surface area contributed by atoms with Crippen LogP contribution in [0.3, 0.4) is 0 Å². The minimum absolute atomic E-state index is 1.10. The zero-order chi connectivity index (χ0) is 38.4. The molecule has 0 saturated carbocycles. The number of benzene rings is 10. The molecule has 1 aromatic heterocycles. The third-order valence-electron chi connectivity index (χ3n) is 11.5.